The highest BCUT2D eigenvalue weighted by Gasteiger charge is 2.22. The van der Waals surface area contributed by atoms with Crippen LogP contribution >= 0.6 is 0 Å². The third-order valence-electron chi connectivity index (χ3n) is 3.80. The Morgan fingerprint density at radius 1 is 1.20 bits per heavy atom. The average Bonchev–Trinajstić information content (AvgIpc) is 2.93. The Labute approximate surface area is 117 Å². The standard InChI is InChI=1S/C16H16N2O2/c19-15(20)10-14(16-17-7-2-8-18-16)13-6-5-11-3-1-4-12(11)9-13/h2,5-9,14H,1,3-4,10H2,(H,19,20). The van der Waals surface area contributed by atoms with Gasteiger partial charge in [0.25, 0.3) is 0 Å². The van der Waals surface area contributed by atoms with E-state index in [9.17, 15) is 4.79 Å². The SMILES string of the molecule is O=C(O)CC(c1ccc2c(c1)CCC2)c1ncccn1. The number of benzene rings is 1. The molecule has 1 aromatic heterocycles. The summed E-state index contributed by atoms with van der Waals surface area (Å²) in [5.74, 6) is -0.532. The molecule has 0 bridgehead atoms. The molecule has 1 atom stereocenters. The lowest BCUT2D eigenvalue weighted by atomic mass is 9.92. The van der Waals surface area contributed by atoms with Gasteiger partial charge in [0.2, 0.25) is 0 Å². The zero-order chi connectivity index (χ0) is 13.9. The second-order valence-electron chi connectivity index (χ2n) is 5.14. The van der Waals surface area contributed by atoms with Gasteiger partial charge >= 0.3 is 5.97 Å². The maximum absolute atomic E-state index is 11.1. The number of hydrogen-bond acceptors (Lipinski definition) is 3. The summed E-state index contributed by atoms with van der Waals surface area (Å²) in [6.07, 6.45) is 6.72. The minimum absolute atomic E-state index is 0.0167. The van der Waals surface area contributed by atoms with E-state index in [0.717, 1.165) is 18.4 Å². The molecule has 4 nitrogen and oxygen atoms in total. The predicted octanol–water partition coefficient (Wildman–Crippen LogP) is 2.57. The Morgan fingerprint density at radius 2 is 1.95 bits per heavy atom. The molecule has 0 saturated heterocycles. The highest BCUT2D eigenvalue weighted by molar-refractivity contribution is 5.68. The third kappa shape index (κ3) is 2.54. The van der Waals surface area contributed by atoms with Gasteiger partial charge in [-0.2, -0.15) is 0 Å². The topological polar surface area (TPSA) is 63.1 Å². The van der Waals surface area contributed by atoms with E-state index < -0.39 is 5.97 Å². The van der Waals surface area contributed by atoms with Crippen molar-refractivity contribution in [3.63, 3.8) is 0 Å². The molecule has 1 aromatic carbocycles. The van der Waals surface area contributed by atoms with Crippen LogP contribution in [0.5, 0.6) is 0 Å². The second-order valence-corrected chi connectivity index (χ2v) is 5.14. The Kier molecular flexibility index (Phi) is 3.46. The van der Waals surface area contributed by atoms with E-state index in [4.69, 9.17) is 5.11 Å². The van der Waals surface area contributed by atoms with Crippen LogP contribution in [-0.2, 0) is 17.6 Å². The first-order valence-electron chi connectivity index (χ1n) is 6.84. The van der Waals surface area contributed by atoms with Gasteiger partial charge in [-0.05, 0) is 42.0 Å². The lowest BCUT2D eigenvalue weighted by Gasteiger charge is -2.15. The van der Waals surface area contributed by atoms with Crippen molar-refractivity contribution in [1.82, 2.24) is 9.97 Å². The van der Waals surface area contributed by atoms with Crippen LogP contribution in [0, 0.1) is 0 Å². The van der Waals surface area contributed by atoms with E-state index >= 15 is 0 Å². The van der Waals surface area contributed by atoms with Gasteiger partial charge in [0.1, 0.15) is 5.82 Å². The number of nitrogens with zero attached hydrogens (tertiary/aromatic N) is 2. The molecule has 102 valence electrons. The van der Waals surface area contributed by atoms with Gasteiger partial charge in [-0.15, -0.1) is 0 Å². The average molecular weight is 268 g/mol. The number of rotatable bonds is 4. The van der Waals surface area contributed by atoms with Crippen molar-refractivity contribution in [2.45, 2.75) is 31.6 Å². The smallest absolute Gasteiger partial charge is 0.304 e. The number of carboxylic acids is 1. The fourth-order valence-corrected chi connectivity index (χ4v) is 2.83. The van der Waals surface area contributed by atoms with Gasteiger partial charge in [0, 0.05) is 12.4 Å². The number of carboxylic acid groups (broad SMARTS) is 1. The lowest BCUT2D eigenvalue weighted by molar-refractivity contribution is -0.137. The van der Waals surface area contributed by atoms with E-state index in [2.05, 4.69) is 22.1 Å². The molecule has 1 heterocycles. The Bertz CT molecular complexity index is 626. The fourth-order valence-electron chi connectivity index (χ4n) is 2.83. The van der Waals surface area contributed by atoms with Gasteiger partial charge in [-0.25, -0.2) is 9.97 Å². The molecule has 1 aliphatic carbocycles. The Balaban J connectivity index is 1.99. The summed E-state index contributed by atoms with van der Waals surface area (Å²) in [5, 5.41) is 9.14. The number of aliphatic carboxylic acids is 1. The van der Waals surface area contributed by atoms with Crippen molar-refractivity contribution in [2.75, 3.05) is 0 Å². The number of fused-ring (bicyclic) bond motifs is 1. The summed E-state index contributed by atoms with van der Waals surface area (Å²) in [7, 11) is 0. The number of carbonyl (C=O) groups is 1. The van der Waals surface area contributed by atoms with Gasteiger partial charge in [-0.3, -0.25) is 4.79 Å². The van der Waals surface area contributed by atoms with Gasteiger partial charge < -0.3 is 5.11 Å². The maximum Gasteiger partial charge on any atom is 0.304 e. The van der Waals surface area contributed by atoms with Crippen molar-refractivity contribution in [3.8, 4) is 0 Å². The molecule has 2 aromatic rings. The monoisotopic (exact) mass is 268 g/mol. The summed E-state index contributed by atoms with van der Waals surface area (Å²) in [6.45, 7) is 0. The minimum atomic E-state index is -0.831. The molecule has 1 unspecified atom stereocenters. The Hall–Kier alpha value is -2.23. The first-order valence-corrected chi connectivity index (χ1v) is 6.84. The molecule has 20 heavy (non-hydrogen) atoms. The lowest BCUT2D eigenvalue weighted by Crippen LogP contribution is -2.11. The number of aryl methyl sites for hydroxylation is 2. The molecule has 0 aliphatic heterocycles. The fraction of sp³-hybridized carbons (Fsp3) is 0.312. The number of aromatic nitrogens is 2. The van der Waals surface area contributed by atoms with E-state index in [-0.39, 0.29) is 12.3 Å². The highest BCUT2D eigenvalue weighted by atomic mass is 16.4. The van der Waals surface area contributed by atoms with Gasteiger partial charge in [0.05, 0.1) is 12.3 Å². The molecule has 1 N–H and O–H groups in total. The normalized spacial score (nSPS) is 14.8. The van der Waals surface area contributed by atoms with E-state index in [1.54, 1.807) is 18.5 Å². The molecule has 0 spiro atoms. The molecule has 4 heteroatoms. The zero-order valence-corrected chi connectivity index (χ0v) is 11.1. The van der Waals surface area contributed by atoms with E-state index in [0.29, 0.717) is 5.82 Å². The Morgan fingerprint density at radius 3 is 2.70 bits per heavy atom. The molecule has 0 saturated carbocycles. The summed E-state index contributed by atoms with van der Waals surface area (Å²) in [6, 6.07) is 8.01. The van der Waals surface area contributed by atoms with E-state index in [1.165, 1.54) is 17.5 Å². The van der Waals surface area contributed by atoms with Crippen LogP contribution in [0.25, 0.3) is 0 Å². The maximum atomic E-state index is 11.1. The van der Waals surface area contributed by atoms with Crippen molar-refractivity contribution < 1.29 is 9.90 Å². The molecule has 3 rings (SSSR count). The molecular formula is C16H16N2O2. The van der Waals surface area contributed by atoms with Crippen molar-refractivity contribution in [1.29, 1.82) is 0 Å². The largest absolute Gasteiger partial charge is 0.481 e. The van der Waals surface area contributed by atoms with Gasteiger partial charge in [-0.1, -0.05) is 18.2 Å². The second kappa shape index (κ2) is 5.41. The number of hydrogen-bond donors (Lipinski definition) is 1. The summed E-state index contributed by atoms with van der Waals surface area (Å²) < 4.78 is 0. The van der Waals surface area contributed by atoms with Gasteiger partial charge in [0.15, 0.2) is 0 Å². The van der Waals surface area contributed by atoms with Crippen LogP contribution in [0.2, 0.25) is 0 Å². The molecule has 1 aliphatic rings. The minimum Gasteiger partial charge on any atom is -0.481 e. The third-order valence-corrected chi connectivity index (χ3v) is 3.80. The van der Waals surface area contributed by atoms with Crippen LogP contribution in [0.1, 0.15) is 41.3 Å². The molecule has 0 amide bonds. The van der Waals surface area contributed by atoms with Crippen LogP contribution in [0.15, 0.2) is 36.7 Å². The van der Waals surface area contributed by atoms with E-state index in [1.807, 2.05) is 6.07 Å². The first-order chi connectivity index (χ1) is 9.74. The summed E-state index contributed by atoms with van der Waals surface area (Å²) >= 11 is 0. The van der Waals surface area contributed by atoms with Crippen LogP contribution in [0.4, 0.5) is 0 Å². The summed E-state index contributed by atoms with van der Waals surface area (Å²) in [5.41, 5.74) is 3.73. The predicted molar refractivity (Wildman–Crippen MR) is 74.6 cm³/mol. The van der Waals surface area contributed by atoms with Crippen molar-refractivity contribution in [3.05, 3.63) is 59.2 Å². The van der Waals surface area contributed by atoms with Crippen molar-refractivity contribution >= 4 is 5.97 Å². The summed E-state index contributed by atoms with van der Waals surface area (Å²) in [4.78, 5) is 19.6. The molecule has 0 fully saturated rings. The van der Waals surface area contributed by atoms with Crippen LogP contribution in [0.3, 0.4) is 0 Å². The van der Waals surface area contributed by atoms with Crippen LogP contribution < -0.4 is 0 Å². The van der Waals surface area contributed by atoms with Crippen LogP contribution in [-0.4, -0.2) is 21.0 Å². The highest BCUT2D eigenvalue weighted by Crippen LogP contribution is 2.30. The first kappa shape index (κ1) is 12.8. The zero-order valence-electron chi connectivity index (χ0n) is 11.1. The quantitative estimate of drug-likeness (QED) is 0.925. The molecule has 0 radical (unpaired) electrons. The van der Waals surface area contributed by atoms with Crippen molar-refractivity contribution in [2.24, 2.45) is 0 Å². The molecular weight excluding hydrogens is 252 g/mol.